The van der Waals surface area contributed by atoms with Crippen LogP contribution in [0.3, 0.4) is 0 Å². The van der Waals surface area contributed by atoms with Crippen LogP contribution in [-0.4, -0.2) is 47.3 Å². The molecule has 2 aromatic carbocycles. The molecule has 2 aliphatic heterocycles. The van der Waals surface area contributed by atoms with Crippen LogP contribution >= 0.6 is 11.6 Å². The fraction of sp³-hybridized carbons (Fsp3) is 0.364. The summed E-state index contributed by atoms with van der Waals surface area (Å²) in [6.45, 7) is 1.89. The SMILES string of the molecule is O=C1NCCN(Cc2cccc(F)c2F)[C@H]1CC(=O)N1CCc2c(Cl)cccc2C1. The first kappa shape index (κ1) is 20.8. The van der Waals surface area contributed by atoms with E-state index in [1.165, 1.54) is 12.1 Å². The van der Waals surface area contributed by atoms with Gasteiger partial charge in [0.15, 0.2) is 11.6 Å². The molecule has 8 heteroatoms. The molecule has 0 radical (unpaired) electrons. The monoisotopic (exact) mass is 433 g/mol. The summed E-state index contributed by atoms with van der Waals surface area (Å²) in [7, 11) is 0. The van der Waals surface area contributed by atoms with Crippen molar-refractivity contribution < 1.29 is 18.4 Å². The zero-order chi connectivity index (χ0) is 21.3. The third kappa shape index (κ3) is 4.18. The summed E-state index contributed by atoms with van der Waals surface area (Å²) in [5, 5.41) is 3.47. The van der Waals surface area contributed by atoms with Crippen molar-refractivity contribution in [1.29, 1.82) is 0 Å². The number of carbonyl (C=O) groups is 2. The first-order valence-electron chi connectivity index (χ1n) is 9.92. The molecule has 4 rings (SSSR count). The lowest BCUT2D eigenvalue weighted by Crippen LogP contribution is -2.56. The van der Waals surface area contributed by atoms with Crippen LogP contribution in [0.15, 0.2) is 36.4 Å². The molecule has 0 aromatic heterocycles. The van der Waals surface area contributed by atoms with E-state index in [0.717, 1.165) is 17.2 Å². The summed E-state index contributed by atoms with van der Waals surface area (Å²) in [4.78, 5) is 28.9. The highest BCUT2D eigenvalue weighted by Gasteiger charge is 2.34. The lowest BCUT2D eigenvalue weighted by Gasteiger charge is -2.36. The number of piperazine rings is 1. The normalized spacial score (nSPS) is 19.4. The molecule has 1 fully saturated rings. The maximum Gasteiger partial charge on any atom is 0.237 e. The number of rotatable bonds is 4. The molecule has 5 nitrogen and oxygen atoms in total. The first-order valence-corrected chi connectivity index (χ1v) is 10.3. The number of hydrogen-bond acceptors (Lipinski definition) is 3. The van der Waals surface area contributed by atoms with Gasteiger partial charge in [-0.25, -0.2) is 8.78 Å². The lowest BCUT2D eigenvalue weighted by atomic mass is 9.98. The highest BCUT2D eigenvalue weighted by Crippen LogP contribution is 2.27. The highest BCUT2D eigenvalue weighted by molar-refractivity contribution is 6.31. The van der Waals surface area contributed by atoms with Gasteiger partial charge in [0, 0.05) is 43.3 Å². The molecule has 1 saturated heterocycles. The summed E-state index contributed by atoms with van der Waals surface area (Å²) >= 11 is 6.24. The summed E-state index contributed by atoms with van der Waals surface area (Å²) in [6.07, 6.45) is 0.647. The fourth-order valence-corrected chi connectivity index (χ4v) is 4.42. The van der Waals surface area contributed by atoms with E-state index < -0.39 is 17.7 Å². The van der Waals surface area contributed by atoms with Crippen molar-refractivity contribution in [2.45, 2.75) is 32.0 Å². The molecule has 0 bridgehead atoms. The number of nitrogens with one attached hydrogen (secondary N) is 1. The smallest absolute Gasteiger partial charge is 0.237 e. The molecule has 2 aromatic rings. The molecular formula is C22H22ClF2N3O2. The van der Waals surface area contributed by atoms with E-state index in [-0.39, 0.29) is 30.3 Å². The van der Waals surface area contributed by atoms with Gasteiger partial charge in [0.25, 0.3) is 0 Å². The van der Waals surface area contributed by atoms with Crippen molar-refractivity contribution in [3.05, 3.63) is 69.7 Å². The molecular weight excluding hydrogens is 412 g/mol. The Labute approximate surface area is 178 Å². The van der Waals surface area contributed by atoms with E-state index in [2.05, 4.69) is 5.32 Å². The van der Waals surface area contributed by atoms with Crippen LogP contribution in [0.4, 0.5) is 8.78 Å². The van der Waals surface area contributed by atoms with Crippen molar-refractivity contribution in [3.63, 3.8) is 0 Å². The average Bonchev–Trinajstić information content (AvgIpc) is 2.73. The Hall–Kier alpha value is -2.51. The summed E-state index contributed by atoms with van der Waals surface area (Å²) in [6, 6.07) is 8.92. The van der Waals surface area contributed by atoms with Crippen LogP contribution in [0.2, 0.25) is 5.02 Å². The predicted molar refractivity (Wildman–Crippen MR) is 109 cm³/mol. The van der Waals surface area contributed by atoms with E-state index in [1.807, 2.05) is 18.2 Å². The van der Waals surface area contributed by atoms with Crippen LogP contribution in [0, 0.1) is 11.6 Å². The van der Waals surface area contributed by atoms with Crippen LogP contribution in [-0.2, 0) is 29.1 Å². The molecule has 30 heavy (non-hydrogen) atoms. The number of benzene rings is 2. The van der Waals surface area contributed by atoms with Gasteiger partial charge in [-0.1, -0.05) is 35.9 Å². The largest absolute Gasteiger partial charge is 0.353 e. The molecule has 0 saturated carbocycles. The van der Waals surface area contributed by atoms with Crippen molar-refractivity contribution >= 4 is 23.4 Å². The molecule has 0 aliphatic carbocycles. The number of carbonyl (C=O) groups excluding carboxylic acids is 2. The lowest BCUT2D eigenvalue weighted by molar-refractivity contribution is -0.139. The Bertz CT molecular complexity index is 985. The molecule has 2 aliphatic rings. The second kappa shape index (κ2) is 8.70. The second-order valence-corrected chi connectivity index (χ2v) is 8.04. The zero-order valence-corrected chi connectivity index (χ0v) is 17.1. The standard InChI is InChI=1S/C22H22ClF2N3O2/c23-17-5-1-3-14-12-28(9-7-16(14)17)20(29)11-19-22(30)26-8-10-27(19)13-15-4-2-6-18(24)21(15)25/h1-6,19H,7-13H2,(H,26,30)/t19-/m0/s1. The van der Waals surface area contributed by atoms with Crippen molar-refractivity contribution in [3.8, 4) is 0 Å². The fourth-order valence-electron chi connectivity index (χ4n) is 4.13. The van der Waals surface area contributed by atoms with Gasteiger partial charge in [0.1, 0.15) is 0 Å². The highest BCUT2D eigenvalue weighted by atomic mass is 35.5. The quantitative estimate of drug-likeness (QED) is 0.806. The molecule has 2 heterocycles. The van der Waals surface area contributed by atoms with Crippen molar-refractivity contribution in [1.82, 2.24) is 15.1 Å². The first-order chi connectivity index (χ1) is 14.4. The van der Waals surface area contributed by atoms with Crippen LogP contribution < -0.4 is 5.32 Å². The van der Waals surface area contributed by atoms with E-state index in [9.17, 15) is 18.4 Å². The van der Waals surface area contributed by atoms with Crippen LogP contribution in [0.5, 0.6) is 0 Å². The van der Waals surface area contributed by atoms with Crippen LogP contribution in [0.25, 0.3) is 0 Å². The molecule has 158 valence electrons. The number of nitrogens with zero attached hydrogens (tertiary/aromatic N) is 2. The number of hydrogen-bond donors (Lipinski definition) is 1. The Morgan fingerprint density at radius 3 is 2.80 bits per heavy atom. The minimum atomic E-state index is -0.924. The average molecular weight is 434 g/mol. The number of fused-ring (bicyclic) bond motifs is 1. The van der Waals surface area contributed by atoms with E-state index in [0.29, 0.717) is 37.6 Å². The zero-order valence-electron chi connectivity index (χ0n) is 16.3. The number of amides is 2. The van der Waals surface area contributed by atoms with Gasteiger partial charge in [0.05, 0.1) is 12.5 Å². The van der Waals surface area contributed by atoms with Gasteiger partial charge in [-0.05, 0) is 29.7 Å². The van der Waals surface area contributed by atoms with E-state index >= 15 is 0 Å². The minimum absolute atomic E-state index is 0.0152. The molecule has 1 N–H and O–H groups in total. The van der Waals surface area contributed by atoms with Crippen molar-refractivity contribution in [2.75, 3.05) is 19.6 Å². The molecule has 2 amide bonds. The third-order valence-electron chi connectivity index (χ3n) is 5.78. The van der Waals surface area contributed by atoms with E-state index in [1.54, 1.807) is 9.80 Å². The van der Waals surface area contributed by atoms with Gasteiger partial charge < -0.3 is 10.2 Å². The Morgan fingerprint density at radius 1 is 1.17 bits per heavy atom. The minimum Gasteiger partial charge on any atom is -0.353 e. The van der Waals surface area contributed by atoms with Gasteiger partial charge in [0.2, 0.25) is 11.8 Å². The van der Waals surface area contributed by atoms with Gasteiger partial charge in [-0.3, -0.25) is 14.5 Å². The third-order valence-corrected chi connectivity index (χ3v) is 6.13. The van der Waals surface area contributed by atoms with Gasteiger partial charge in [-0.2, -0.15) is 0 Å². The van der Waals surface area contributed by atoms with Crippen molar-refractivity contribution in [2.24, 2.45) is 0 Å². The topological polar surface area (TPSA) is 52.7 Å². The molecule has 0 unspecified atom stereocenters. The Morgan fingerprint density at radius 2 is 1.97 bits per heavy atom. The van der Waals surface area contributed by atoms with Gasteiger partial charge in [-0.15, -0.1) is 0 Å². The Kier molecular flexibility index (Phi) is 6.01. The number of halogens is 3. The van der Waals surface area contributed by atoms with Crippen LogP contribution in [0.1, 0.15) is 23.1 Å². The molecule has 0 spiro atoms. The maximum atomic E-state index is 14.1. The summed E-state index contributed by atoms with van der Waals surface area (Å²) < 4.78 is 27.7. The maximum absolute atomic E-state index is 14.1. The summed E-state index contributed by atoms with van der Waals surface area (Å²) in [5.41, 5.74) is 2.24. The van der Waals surface area contributed by atoms with Gasteiger partial charge >= 0.3 is 0 Å². The Balaban J connectivity index is 1.47. The second-order valence-electron chi connectivity index (χ2n) is 7.64. The predicted octanol–water partition coefficient (Wildman–Crippen LogP) is 2.89. The van der Waals surface area contributed by atoms with E-state index in [4.69, 9.17) is 11.6 Å². The summed E-state index contributed by atoms with van der Waals surface area (Å²) in [5.74, 6) is -2.26. The molecule has 1 atom stereocenters.